The summed E-state index contributed by atoms with van der Waals surface area (Å²) in [7, 11) is 2.57. The molecule has 1 amide bonds. The lowest BCUT2D eigenvalue weighted by Gasteiger charge is -2.38. The number of halogens is 4. The lowest BCUT2D eigenvalue weighted by atomic mass is 9.87. The molecule has 1 saturated heterocycles. The van der Waals surface area contributed by atoms with Crippen LogP contribution >= 0.6 is 11.6 Å². The van der Waals surface area contributed by atoms with Gasteiger partial charge in [0, 0.05) is 18.7 Å². The first-order chi connectivity index (χ1) is 18.4. The molecular formula is C28H33ClF3NO6. The maximum Gasteiger partial charge on any atom is 0.430 e. The van der Waals surface area contributed by atoms with E-state index < -0.39 is 29.2 Å². The lowest BCUT2D eigenvalue weighted by Crippen LogP contribution is -2.57. The average molecular weight is 572 g/mol. The van der Waals surface area contributed by atoms with Crippen LogP contribution in [0.4, 0.5) is 13.2 Å². The van der Waals surface area contributed by atoms with E-state index in [9.17, 15) is 27.9 Å². The van der Waals surface area contributed by atoms with Crippen LogP contribution in [0.15, 0.2) is 42.5 Å². The zero-order chi connectivity index (χ0) is 28.8. The van der Waals surface area contributed by atoms with Crippen molar-refractivity contribution in [3.05, 3.63) is 58.6 Å². The van der Waals surface area contributed by atoms with Crippen molar-refractivity contribution < 1.29 is 42.1 Å². The number of ether oxygens (including phenoxy) is 3. The van der Waals surface area contributed by atoms with Crippen LogP contribution in [0.5, 0.6) is 11.5 Å². The van der Waals surface area contributed by atoms with Gasteiger partial charge in [-0.05, 0) is 67.9 Å². The Morgan fingerprint density at radius 1 is 1.10 bits per heavy atom. The standard InChI is InChI=1S/C28H33ClF3NO6/c1-18(17-39-22-9-10-23(24(29)16-22)25(34)38-3)7-8-19-11-13-33(14-12-19)26(35)27(36,28(30,31)32)20-5-4-6-21(15-20)37-2/h4-6,9-10,15-16,18-19,36H,7-8,11-14,17H2,1-3H3/t18-,27?/m0/s1. The minimum Gasteiger partial charge on any atom is -0.497 e. The number of amides is 1. The number of hydrogen-bond acceptors (Lipinski definition) is 6. The summed E-state index contributed by atoms with van der Waals surface area (Å²) in [5.41, 5.74) is -3.98. The summed E-state index contributed by atoms with van der Waals surface area (Å²) in [4.78, 5) is 25.8. The van der Waals surface area contributed by atoms with Crippen molar-refractivity contribution >= 4 is 23.5 Å². The number of benzene rings is 2. The molecule has 1 N–H and O–H groups in total. The van der Waals surface area contributed by atoms with E-state index in [2.05, 4.69) is 4.74 Å². The fourth-order valence-corrected chi connectivity index (χ4v) is 4.86. The molecule has 1 aliphatic heterocycles. The summed E-state index contributed by atoms with van der Waals surface area (Å²) in [6.45, 7) is 2.70. The third-order valence-corrected chi connectivity index (χ3v) is 7.37. The molecule has 1 aliphatic rings. The first-order valence-corrected chi connectivity index (χ1v) is 13.0. The predicted octanol–water partition coefficient (Wildman–Crippen LogP) is 5.62. The SMILES string of the molecule is COC(=O)c1ccc(OC[C@@H](C)CCC2CCN(C(=O)C(O)(c3cccc(OC)c3)C(F)(F)F)CC2)cc1Cl. The molecule has 1 unspecified atom stereocenters. The Morgan fingerprint density at radius 3 is 2.38 bits per heavy atom. The molecule has 214 valence electrons. The first kappa shape index (κ1) is 30.6. The number of aliphatic hydroxyl groups is 1. The number of rotatable bonds is 10. The number of alkyl halides is 3. The Bertz CT molecular complexity index is 1150. The largest absolute Gasteiger partial charge is 0.497 e. The molecule has 0 radical (unpaired) electrons. The second-order valence-electron chi connectivity index (χ2n) is 9.80. The zero-order valence-corrected chi connectivity index (χ0v) is 22.8. The van der Waals surface area contributed by atoms with Crippen LogP contribution in [0.25, 0.3) is 0 Å². The van der Waals surface area contributed by atoms with E-state index in [1.807, 2.05) is 6.92 Å². The molecular weight excluding hydrogens is 539 g/mol. The molecule has 3 rings (SSSR count). The third kappa shape index (κ3) is 7.16. The Kier molecular flexibility index (Phi) is 10.1. The Balaban J connectivity index is 1.51. The van der Waals surface area contributed by atoms with Crippen molar-refractivity contribution in [3.8, 4) is 11.5 Å². The van der Waals surface area contributed by atoms with Crippen molar-refractivity contribution in [1.29, 1.82) is 0 Å². The molecule has 0 spiro atoms. The lowest BCUT2D eigenvalue weighted by molar-refractivity contribution is -0.262. The summed E-state index contributed by atoms with van der Waals surface area (Å²) in [6, 6.07) is 9.59. The van der Waals surface area contributed by atoms with Crippen molar-refractivity contribution in [2.24, 2.45) is 11.8 Å². The van der Waals surface area contributed by atoms with Crippen LogP contribution in [0.3, 0.4) is 0 Å². The van der Waals surface area contributed by atoms with E-state index in [1.165, 1.54) is 32.4 Å². The fraction of sp³-hybridized carbons (Fsp3) is 0.500. The molecule has 2 atom stereocenters. The number of piperidine rings is 1. The van der Waals surface area contributed by atoms with E-state index >= 15 is 0 Å². The highest BCUT2D eigenvalue weighted by Gasteiger charge is 2.62. The monoisotopic (exact) mass is 571 g/mol. The maximum atomic E-state index is 14.0. The number of likely N-dealkylation sites (tertiary alicyclic amines) is 1. The van der Waals surface area contributed by atoms with Crippen LogP contribution in [0.2, 0.25) is 5.02 Å². The van der Waals surface area contributed by atoms with Gasteiger partial charge in [-0.1, -0.05) is 30.7 Å². The number of hydrogen-bond donors (Lipinski definition) is 1. The molecule has 11 heteroatoms. The van der Waals surface area contributed by atoms with E-state index in [4.69, 9.17) is 21.1 Å². The summed E-state index contributed by atoms with van der Waals surface area (Å²) in [5.74, 6) is -0.842. The van der Waals surface area contributed by atoms with Crippen LogP contribution in [0.1, 0.15) is 48.5 Å². The number of carbonyl (C=O) groups excluding carboxylic acids is 2. The highest BCUT2D eigenvalue weighted by molar-refractivity contribution is 6.33. The Hall–Kier alpha value is -2.98. The average Bonchev–Trinajstić information content (AvgIpc) is 2.93. The van der Waals surface area contributed by atoms with Gasteiger partial charge < -0.3 is 24.2 Å². The number of carbonyl (C=O) groups is 2. The van der Waals surface area contributed by atoms with Gasteiger partial charge in [-0.3, -0.25) is 4.79 Å². The van der Waals surface area contributed by atoms with E-state index in [0.29, 0.717) is 25.2 Å². The summed E-state index contributed by atoms with van der Waals surface area (Å²) in [6.07, 6.45) is -2.48. The topological polar surface area (TPSA) is 85.3 Å². The van der Waals surface area contributed by atoms with Gasteiger partial charge in [-0.15, -0.1) is 0 Å². The molecule has 0 bridgehead atoms. The minimum atomic E-state index is -5.20. The van der Waals surface area contributed by atoms with Crippen molar-refractivity contribution in [2.75, 3.05) is 33.9 Å². The fourth-order valence-electron chi connectivity index (χ4n) is 4.61. The molecule has 0 saturated carbocycles. The number of methoxy groups -OCH3 is 2. The summed E-state index contributed by atoms with van der Waals surface area (Å²) >= 11 is 6.12. The van der Waals surface area contributed by atoms with Gasteiger partial charge in [0.15, 0.2) is 0 Å². The Labute approximate surface area is 230 Å². The summed E-state index contributed by atoms with van der Waals surface area (Å²) < 4.78 is 57.5. The molecule has 2 aromatic carbocycles. The van der Waals surface area contributed by atoms with Crippen LogP contribution < -0.4 is 9.47 Å². The normalized spacial score (nSPS) is 16.8. The maximum absolute atomic E-state index is 14.0. The van der Waals surface area contributed by atoms with Gasteiger partial charge in [0.05, 0.1) is 31.4 Å². The zero-order valence-electron chi connectivity index (χ0n) is 22.1. The minimum absolute atomic E-state index is 0.112. The van der Waals surface area contributed by atoms with Crippen molar-refractivity contribution in [3.63, 3.8) is 0 Å². The molecule has 7 nitrogen and oxygen atoms in total. The van der Waals surface area contributed by atoms with Gasteiger partial charge in [0.25, 0.3) is 11.5 Å². The van der Waals surface area contributed by atoms with Crippen molar-refractivity contribution in [1.82, 2.24) is 4.90 Å². The smallest absolute Gasteiger partial charge is 0.430 e. The quantitative estimate of drug-likeness (QED) is 0.373. The molecule has 0 aliphatic carbocycles. The van der Waals surface area contributed by atoms with Gasteiger partial charge >= 0.3 is 12.1 Å². The predicted molar refractivity (Wildman–Crippen MR) is 139 cm³/mol. The molecule has 39 heavy (non-hydrogen) atoms. The van der Waals surface area contributed by atoms with E-state index in [1.54, 1.807) is 12.1 Å². The third-order valence-electron chi connectivity index (χ3n) is 7.06. The summed E-state index contributed by atoms with van der Waals surface area (Å²) in [5, 5.41) is 10.9. The number of nitrogens with zero attached hydrogens (tertiary/aromatic N) is 1. The van der Waals surface area contributed by atoms with Gasteiger partial charge in [-0.2, -0.15) is 13.2 Å². The van der Waals surface area contributed by atoms with E-state index in [-0.39, 0.29) is 41.3 Å². The molecule has 2 aromatic rings. The first-order valence-electron chi connectivity index (χ1n) is 12.6. The second-order valence-corrected chi connectivity index (χ2v) is 10.2. The molecule has 1 fully saturated rings. The van der Waals surface area contributed by atoms with Crippen LogP contribution in [-0.4, -0.2) is 62.0 Å². The van der Waals surface area contributed by atoms with Crippen molar-refractivity contribution in [2.45, 2.75) is 44.4 Å². The van der Waals surface area contributed by atoms with Crippen LogP contribution in [-0.2, 0) is 15.1 Å². The van der Waals surface area contributed by atoms with E-state index in [0.717, 1.165) is 29.9 Å². The Morgan fingerprint density at radius 2 is 1.79 bits per heavy atom. The highest BCUT2D eigenvalue weighted by atomic mass is 35.5. The van der Waals surface area contributed by atoms with Gasteiger partial charge in [-0.25, -0.2) is 4.79 Å². The van der Waals surface area contributed by atoms with Gasteiger partial charge in [0.2, 0.25) is 0 Å². The second kappa shape index (κ2) is 12.9. The number of esters is 1. The molecule has 1 heterocycles. The highest BCUT2D eigenvalue weighted by Crippen LogP contribution is 2.42. The molecule has 0 aromatic heterocycles. The van der Waals surface area contributed by atoms with Gasteiger partial charge in [0.1, 0.15) is 11.5 Å². The van der Waals surface area contributed by atoms with Crippen LogP contribution in [0, 0.1) is 11.8 Å².